The highest BCUT2D eigenvalue weighted by atomic mass is 16.5. The predicted molar refractivity (Wildman–Crippen MR) is 134 cm³/mol. The summed E-state index contributed by atoms with van der Waals surface area (Å²) in [6.07, 6.45) is 5.57. The Labute approximate surface area is 205 Å². The summed E-state index contributed by atoms with van der Waals surface area (Å²) in [6.45, 7) is 8.53. The Balaban J connectivity index is 1.49. The van der Waals surface area contributed by atoms with Gasteiger partial charge in [0, 0.05) is 44.5 Å². The zero-order chi connectivity index (χ0) is 24.4. The molecule has 0 unspecified atom stereocenters. The molecule has 35 heavy (non-hydrogen) atoms. The van der Waals surface area contributed by atoms with Crippen molar-refractivity contribution in [2.75, 3.05) is 38.8 Å². The molecule has 0 N–H and O–H groups in total. The minimum Gasteiger partial charge on any atom is -0.493 e. The topological polar surface area (TPSA) is 81.2 Å². The average molecular weight is 477 g/mol. The van der Waals surface area contributed by atoms with Crippen LogP contribution in [0.1, 0.15) is 37.0 Å². The van der Waals surface area contributed by atoms with Crippen molar-refractivity contribution in [3.8, 4) is 23.1 Å². The number of methoxy groups -OCH3 is 2. The van der Waals surface area contributed by atoms with Crippen LogP contribution in [-0.4, -0.2) is 58.3 Å². The number of anilines is 1. The average Bonchev–Trinajstić information content (AvgIpc) is 3.57. The first kappa shape index (κ1) is 23.2. The summed E-state index contributed by atoms with van der Waals surface area (Å²) in [7, 11) is 3.35. The fraction of sp³-hybridized carbons (Fsp3) is 0.423. The molecule has 4 heterocycles. The van der Waals surface area contributed by atoms with Crippen LogP contribution in [0.4, 0.5) is 5.95 Å². The first-order chi connectivity index (χ1) is 17.1. The van der Waals surface area contributed by atoms with E-state index in [1.54, 1.807) is 20.5 Å². The molecule has 184 valence electrons. The normalized spacial score (nSPS) is 13.7. The fourth-order valence-electron chi connectivity index (χ4n) is 4.73. The van der Waals surface area contributed by atoms with Crippen molar-refractivity contribution in [3.63, 3.8) is 0 Å². The number of hydrogen-bond donors (Lipinski definition) is 0. The number of benzene rings is 1. The van der Waals surface area contributed by atoms with Crippen molar-refractivity contribution >= 4 is 11.6 Å². The Morgan fingerprint density at radius 2 is 1.91 bits per heavy atom. The van der Waals surface area contributed by atoms with Gasteiger partial charge in [-0.1, -0.05) is 6.92 Å². The maximum Gasteiger partial charge on any atom is 0.228 e. The fourth-order valence-corrected chi connectivity index (χ4v) is 4.73. The second kappa shape index (κ2) is 9.95. The lowest BCUT2D eigenvalue weighted by atomic mass is 9.98. The van der Waals surface area contributed by atoms with E-state index >= 15 is 0 Å². The molecule has 1 aliphatic rings. The van der Waals surface area contributed by atoms with Crippen LogP contribution in [0.3, 0.4) is 0 Å². The highest BCUT2D eigenvalue weighted by Crippen LogP contribution is 2.34. The Kier molecular flexibility index (Phi) is 6.59. The maximum absolute atomic E-state index is 5.59. The van der Waals surface area contributed by atoms with Crippen LogP contribution < -0.4 is 14.4 Å². The van der Waals surface area contributed by atoms with Gasteiger partial charge in [-0.3, -0.25) is 4.90 Å². The van der Waals surface area contributed by atoms with E-state index in [0.717, 1.165) is 74.2 Å². The second-order valence-corrected chi connectivity index (χ2v) is 8.75. The van der Waals surface area contributed by atoms with Crippen LogP contribution in [0.2, 0.25) is 0 Å². The molecule has 5 rings (SSSR count). The monoisotopic (exact) mass is 476 g/mol. The molecule has 0 saturated carbocycles. The highest BCUT2D eigenvalue weighted by molar-refractivity contribution is 5.58. The zero-order valence-corrected chi connectivity index (χ0v) is 20.8. The van der Waals surface area contributed by atoms with Gasteiger partial charge in [0.15, 0.2) is 22.9 Å². The van der Waals surface area contributed by atoms with Gasteiger partial charge < -0.3 is 18.8 Å². The van der Waals surface area contributed by atoms with Crippen molar-refractivity contribution in [2.24, 2.45) is 0 Å². The molecule has 0 amide bonds. The van der Waals surface area contributed by atoms with Crippen LogP contribution in [0, 0.1) is 0 Å². The molecule has 9 heteroatoms. The van der Waals surface area contributed by atoms with Crippen molar-refractivity contribution in [3.05, 3.63) is 53.4 Å². The lowest BCUT2D eigenvalue weighted by Gasteiger charge is -2.29. The number of furan rings is 1. The minimum absolute atomic E-state index is 0.568. The van der Waals surface area contributed by atoms with Crippen molar-refractivity contribution < 1.29 is 13.9 Å². The summed E-state index contributed by atoms with van der Waals surface area (Å²) in [5.41, 5.74) is 4.41. The number of hydrogen-bond acceptors (Lipinski definition) is 8. The van der Waals surface area contributed by atoms with Gasteiger partial charge in [0.25, 0.3) is 0 Å². The van der Waals surface area contributed by atoms with E-state index in [0.29, 0.717) is 11.6 Å². The number of nitrogens with zero attached hydrogens (tertiary/aromatic N) is 6. The number of rotatable bonds is 9. The Morgan fingerprint density at radius 3 is 2.60 bits per heavy atom. The van der Waals surface area contributed by atoms with Gasteiger partial charge in [0.2, 0.25) is 11.8 Å². The molecule has 0 atom stereocenters. The van der Waals surface area contributed by atoms with Gasteiger partial charge in [0.1, 0.15) is 0 Å². The summed E-state index contributed by atoms with van der Waals surface area (Å²) in [5.74, 6) is 3.57. The summed E-state index contributed by atoms with van der Waals surface area (Å²) >= 11 is 0. The minimum atomic E-state index is 0.568. The van der Waals surface area contributed by atoms with E-state index in [4.69, 9.17) is 29.0 Å². The van der Waals surface area contributed by atoms with Crippen LogP contribution in [0.5, 0.6) is 11.5 Å². The van der Waals surface area contributed by atoms with E-state index in [-0.39, 0.29) is 0 Å². The number of ether oxygens (including phenoxy) is 2. The summed E-state index contributed by atoms with van der Waals surface area (Å²) < 4.78 is 18.5. The number of fused-ring (bicyclic) bond motifs is 2. The van der Waals surface area contributed by atoms with Crippen LogP contribution in [0.15, 0.2) is 41.1 Å². The first-order valence-electron chi connectivity index (χ1n) is 12.1. The predicted octanol–water partition coefficient (Wildman–Crippen LogP) is 4.20. The highest BCUT2D eigenvalue weighted by Gasteiger charge is 2.23. The van der Waals surface area contributed by atoms with Crippen molar-refractivity contribution in [1.82, 2.24) is 24.5 Å². The molecule has 0 saturated heterocycles. The van der Waals surface area contributed by atoms with Gasteiger partial charge in [0.05, 0.1) is 20.5 Å². The van der Waals surface area contributed by atoms with E-state index in [1.807, 2.05) is 22.8 Å². The molecular weight excluding hydrogens is 444 g/mol. The van der Waals surface area contributed by atoms with E-state index in [1.165, 1.54) is 11.1 Å². The van der Waals surface area contributed by atoms with Gasteiger partial charge >= 0.3 is 0 Å². The standard InChI is InChI=1S/C26H32N6O3/c1-5-10-31(6-2)26-27-15-20(25-28-24(29-32(25)26)21-8-7-12-35-21)17-30-11-9-18-13-22(33-3)23(34-4)14-19(18)16-30/h7-8,12-15H,5-6,9-11,16-17H2,1-4H3. The molecule has 3 aromatic heterocycles. The molecule has 0 radical (unpaired) electrons. The second-order valence-electron chi connectivity index (χ2n) is 8.75. The van der Waals surface area contributed by atoms with Crippen molar-refractivity contribution in [2.45, 2.75) is 39.8 Å². The third-order valence-corrected chi connectivity index (χ3v) is 6.51. The van der Waals surface area contributed by atoms with Crippen molar-refractivity contribution in [1.29, 1.82) is 0 Å². The summed E-state index contributed by atoms with van der Waals surface area (Å²) in [5, 5.41) is 4.80. The summed E-state index contributed by atoms with van der Waals surface area (Å²) in [6, 6.07) is 7.92. The van der Waals surface area contributed by atoms with Crippen LogP contribution in [-0.2, 0) is 19.5 Å². The van der Waals surface area contributed by atoms with Crippen LogP contribution in [0.25, 0.3) is 17.2 Å². The first-order valence-corrected chi connectivity index (χ1v) is 12.1. The Hall–Kier alpha value is -3.59. The third-order valence-electron chi connectivity index (χ3n) is 6.51. The molecule has 0 aliphatic carbocycles. The third kappa shape index (κ3) is 4.43. The molecule has 9 nitrogen and oxygen atoms in total. The van der Waals surface area contributed by atoms with Gasteiger partial charge in [-0.15, -0.1) is 5.10 Å². The smallest absolute Gasteiger partial charge is 0.228 e. The Morgan fingerprint density at radius 1 is 1.11 bits per heavy atom. The van der Waals surface area contributed by atoms with E-state index in [2.05, 4.69) is 35.8 Å². The number of aromatic nitrogens is 4. The summed E-state index contributed by atoms with van der Waals surface area (Å²) in [4.78, 5) is 14.4. The molecule has 0 spiro atoms. The molecule has 0 fully saturated rings. The quantitative estimate of drug-likeness (QED) is 0.356. The molecule has 4 aromatic rings. The maximum atomic E-state index is 5.59. The Bertz CT molecular complexity index is 1300. The molecule has 1 aromatic carbocycles. The zero-order valence-electron chi connectivity index (χ0n) is 20.8. The van der Waals surface area contributed by atoms with E-state index in [9.17, 15) is 0 Å². The van der Waals surface area contributed by atoms with E-state index < -0.39 is 0 Å². The largest absolute Gasteiger partial charge is 0.493 e. The van der Waals surface area contributed by atoms with Crippen LogP contribution >= 0.6 is 0 Å². The molecule has 1 aliphatic heterocycles. The SMILES string of the molecule is CCCN(CC)c1ncc(CN2CCc3cc(OC)c(OC)cc3C2)c2nc(-c3ccco3)nn12. The molecular formula is C26H32N6O3. The molecule has 0 bridgehead atoms. The lowest BCUT2D eigenvalue weighted by Crippen LogP contribution is -2.31. The van der Waals surface area contributed by atoms with Gasteiger partial charge in [-0.2, -0.15) is 4.52 Å². The van der Waals surface area contributed by atoms with Gasteiger partial charge in [-0.25, -0.2) is 9.97 Å². The van der Waals surface area contributed by atoms with Gasteiger partial charge in [-0.05, 0) is 55.2 Å². The lowest BCUT2D eigenvalue weighted by molar-refractivity contribution is 0.244.